The number of hydrogen-bond acceptors (Lipinski definition) is 2. The van der Waals surface area contributed by atoms with E-state index in [-0.39, 0.29) is 5.54 Å². The van der Waals surface area contributed by atoms with Gasteiger partial charge in [-0.15, -0.1) is 0 Å². The van der Waals surface area contributed by atoms with Crippen molar-refractivity contribution in [2.24, 2.45) is 5.73 Å². The molecule has 5 heteroatoms. The lowest BCUT2D eigenvalue weighted by Gasteiger charge is -2.17. The third-order valence-corrected chi connectivity index (χ3v) is 2.87. The van der Waals surface area contributed by atoms with Crippen LogP contribution in [-0.4, -0.2) is 12.1 Å². The van der Waals surface area contributed by atoms with Gasteiger partial charge in [0.15, 0.2) is 0 Å². The number of anilines is 1. The Morgan fingerprint density at radius 1 is 1.19 bits per heavy atom. The fourth-order valence-corrected chi connectivity index (χ4v) is 1.58. The lowest BCUT2D eigenvalue weighted by atomic mass is 10.2. The Bertz CT molecular complexity index is 366. The zero-order valence-corrected chi connectivity index (χ0v) is 8.64. The molecule has 1 aliphatic rings. The monoisotopic (exact) mass is 230 g/mol. The van der Waals surface area contributed by atoms with E-state index < -0.39 is 11.7 Å². The van der Waals surface area contributed by atoms with Gasteiger partial charge in [0.25, 0.3) is 0 Å². The fraction of sp³-hybridized carbons (Fsp3) is 0.455. The van der Waals surface area contributed by atoms with Gasteiger partial charge in [-0.2, -0.15) is 13.2 Å². The van der Waals surface area contributed by atoms with Gasteiger partial charge in [-0.1, -0.05) is 0 Å². The van der Waals surface area contributed by atoms with Crippen LogP contribution >= 0.6 is 0 Å². The van der Waals surface area contributed by atoms with Crippen molar-refractivity contribution in [3.05, 3.63) is 29.8 Å². The number of benzene rings is 1. The zero-order chi connectivity index (χ0) is 11.8. The van der Waals surface area contributed by atoms with Gasteiger partial charge in [0.05, 0.1) is 5.56 Å². The Balaban J connectivity index is 2.08. The molecule has 2 rings (SSSR count). The number of nitrogens with one attached hydrogen (secondary N) is 1. The SMILES string of the molecule is NCC1(Nc2ccc(C(F)(F)F)cc2)CC1. The summed E-state index contributed by atoms with van der Waals surface area (Å²) in [6, 6.07) is 5.04. The predicted octanol–water partition coefficient (Wildman–Crippen LogP) is 2.61. The van der Waals surface area contributed by atoms with Gasteiger partial charge < -0.3 is 11.1 Å². The molecule has 2 nitrogen and oxygen atoms in total. The maximum Gasteiger partial charge on any atom is 0.416 e. The highest BCUT2D eigenvalue weighted by Crippen LogP contribution is 2.38. The van der Waals surface area contributed by atoms with E-state index in [0.29, 0.717) is 12.2 Å². The molecular weight excluding hydrogens is 217 g/mol. The minimum Gasteiger partial charge on any atom is -0.378 e. The zero-order valence-electron chi connectivity index (χ0n) is 8.64. The number of halogens is 3. The molecule has 16 heavy (non-hydrogen) atoms. The Kier molecular flexibility index (Phi) is 2.58. The molecule has 1 aromatic carbocycles. The molecule has 0 spiro atoms. The summed E-state index contributed by atoms with van der Waals surface area (Å²) in [6.07, 6.45) is -2.32. The summed E-state index contributed by atoms with van der Waals surface area (Å²) in [5.74, 6) is 0. The summed E-state index contributed by atoms with van der Waals surface area (Å²) in [6.45, 7) is 0.508. The number of rotatable bonds is 3. The van der Waals surface area contributed by atoms with Crippen molar-refractivity contribution >= 4 is 5.69 Å². The van der Waals surface area contributed by atoms with Crippen LogP contribution in [0.25, 0.3) is 0 Å². The molecule has 0 radical (unpaired) electrons. The largest absolute Gasteiger partial charge is 0.416 e. The van der Waals surface area contributed by atoms with Gasteiger partial charge >= 0.3 is 6.18 Å². The highest BCUT2D eigenvalue weighted by atomic mass is 19.4. The van der Waals surface area contributed by atoms with Crippen molar-refractivity contribution in [3.63, 3.8) is 0 Å². The third kappa shape index (κ3) is 2.29. The Morgan fingerprint density at radius 3 is 2.12 bits per heavy atom. The third-order valence-electron chi connectivity index (χ3n) is 2.87. The molecular formula is C11H13F3N2. The first-order valence-electron chi connectivity index (χ1n) is 5.11. The highest BCUT2D eigenvalue weighted by molar-refractivity contribution is 5.49. The number of hydrogen-bond donors (Lipinski definition) is 2. The Hall–Kier alpha value is -1.23. The molecule has 0 aromatic heterocycles. The van der Waals surface area contributed by atoms with Crippen LogP contribution in [0.3, 0.4) is 0 Å². The molecule has 0 bridgehead atoms. The Labute approximate surface area is 91.6 Å². The molecule has 0 heterocycles. The summed E-state index contributed by atoms with van der Waals surface area (Å²) >= 11 is 0. The van der Waals surface area contributed by atoms with Crippen molar-refractivity contribution < 1.29 is 13.2 Å². The van der Waals surface area contributed by atoms with E-state index in [0.717, 1.165) is 25.0 Å². The van der Waals surface area contributed by atoms with Crippen LogP contribution in [-0.2, 0) is 6.18 Å². The van der Waals surface area contributed by atoms with E-state index in [2.05, 4.69) is 5.32 Å². The normalized spacial score (nSPS) is 18.2. The van der Waals surface area contributed by atoms with Crippen LogP contribution < -0.4 is 11.1 Å². The molecule has 0 saturated heterocycles. The number of nitrogens with two attached hydrogens (primary N) is 1. The van der Waals surface area contributed by atoms with Crippen LogP contribution in [0.4, 0.5) is 18.9 Å². The van der Waals surface area contributed by atoms with Gasteiger partial charge in [-0.25, -0.2) is 0 Å². The molecule has 1 fully saturated rings. The molecule has 0 aliphatic heterocycles. The average molecular weight is 230 g/mol. The quantitative estimate of drug-likeness (QED) is 0.837. The molecule has 88 valence electrons. The summed E-state index contributed by atoms with van der Waals surface area (Å²) in [5.41, 5.74) is 5.55. The van der Waals surface area contributed by atoms with Crippen molar-refractivity contribution in [1.29, 1.82) is 0 Å². The Morgan fingerprint density at radius 2 is 1.75 bits per heavy atom. The molecule has 0 amide bonds. The molecule has 0 unspecified atom stereocenters. The van der Waals surface area contributed by atoms with Crippen LogP contribution in [0.2, 0.25) is 0 Å². The van der Waals surface area contributed by atoms with Crippen LogP contribution in [0.5, 0.6) is 0 Å². The molecule has 1 saturated carbocycles. The number of alkyl halides is 3. The second kappa shape index (κ2) is 3.66. The minimum absolute atomic E-state index is 0.0836. The standard InChI is InChI=1S/C11H13F3N2/c12-11(13,14)8-1-3-9(4-2-8)16-10(7-15)5-6-10/h1-4,16H,5-7,15H2. The summed E-state index contributed by atoms with van der Waals surface area (Å²) < 4.78 is 36.9. The molecule has 1 aromatic rings. The van der Waals surface area contributed by atoms with Gasteiger partial charge in [0.2, 0.25) is 0 Å². The van der Waals surface area contributed by atoms with Crippen molar-refractivity contribution in [2.45, 2.75) is 24.6 Å². The lowest BCUT2D eigenvalue weighted by molar-refractivity contribution is -0.137. The molecule has 1 aliphatic carbocycles. The van der Waals surface area contributed by atoms with E-state index in [1.54, 1.807) is 0 Å². The van der Waals surface area contributed by atoms with E-state index >= 15 is 0 Å². The predicted molar refractivity (Wildman–Crippen MR) is 56.1 cm³/mol. The van der Waals surface area contributed by atoms with E-state index in [1.807, 2.05) is 0 Å². The van der Waals surface area contributed by atoms with E-state index in [1.165, 1.54) is 12.1 Å². The first kappa shape index (κ1) is 11.3. The second-order valence-electron chi connectivity index (χ2n) is 4.18. The maximum absolute atomic E-state index is 12.3. The van der Waals surface area contributed by atoms with Crippen molar-refractivity contribution in [1.82, 2.24) is 0 Å². The average Bonchev–Trinajstić information content (AvgIpc) is 2.98. The fourth-order valence-electron chi connectivity index (χ4n) is 1.58. The van der Waals surface area contributed by atoms with Crippen LogP contribution in [0.1, 0.15) is 18.4 Å². The topological polar surface area (TPSA) is 38.0 Å². The first-order valence-corrected chi connectivity index (χ1v) is 5.11. The van der Waals surface area contributed by atoms with Crippen molar-refractivity contribution in [2.75, 3.05) is 11.9 Å². The van der Waals surface area contributed by atoms with Gasteiger partial charge in [-0.05, 0) is 37.1 Å². The van der Waals surface area contributed by atoms with Crippen molar-refractivity contribution in [3.8, 4) is 0 Å². The highest BCUT2D eigenvalue weighted by Gasteiger charge is 2.41. The van der Waals surface area contributed by atoms with Gasteiger partial charge in [-0.3, -0.25) is 0 Å². The van der Waals surface area contributed by atoms with Gasteiger partial charge in [0.1, 0.15) is 0 Å². The smallest absolute Gasteiger partial charge is 0.378 e. The van der Waals surface area contributed by atoms with E-state index in [9.17, 15) is 13.2 Å². The first-order chi connectivity index (χ1) is 7.45. The van der Waals surface area contributed by atoms with Crippen LogP contribution in [0, 0.1) is 0 Å². The lowest BCUT2D eigenvalue weighted by Crippen LogP contribution is -2.30. The molecule has 3 N–H and O–H groups in total. The van der Waals surface area contributed by atoms with Gasteiger partial charge in [0, 0.05) is 17.8 Å². The summed E-state index contributed by atoms with van der Waals surface area (Å²) in [4.78, 5) is 0. The maximum atomic E-state index is 12.3. The second-order valence-corrected chi connectivity index (χ2v) is 4.18. The summed E-state index contributed by atoms with van der Waals surface area (Å²) in [7, 11) is 0. The minimum atomic E-state index is -4.27. The summed E-state index contributed by atoms with van der Waals surface area (Å²) in [5, 5.41) is 3.17. The molecule has 0 atom stereocenters. The van der Waals surface area contributed by atoms with Crippen LogP contribution in [0.15, 0.2) is 24.3 Å². The van der Waals surface area contributed by atoms with E-state index in [4.69, 9.17) is 5.73 Å².